The van der Waals surface area contributed by atoms with E-state index in [4.69, 9.17) is 4.74 Å². The highest BCUT2D eigenvalue weighted by molar-refractivity contribution is 8.15. The van der Waals surface area contributed by atoms with E-state index in [-0.39, 0.29) is 24.1 Å². The molecule has 1 atom stereocenters. The van der Waals surface area contributed by atoms with E-state index in [0.717, 1.165) is 11.8 Å². The summed E-state index contributed by atoms with van der Waals surface area (Å²) in [4.78, 5) is 28.5. The number of thioether (sulfide) groups is 1. The molecule has 2 aromatic rings. The number of ether oxygens (including phenoxy) is 1. The number of rotatable bonds is 5. The molecule has 2 amide bonds. The molecule has 1 aliphatic rings. The van der Waals surface area contributed by atoms with Gasteiger partial charge in [-0.05, 0) is 48.9 Å². The molecular formula is C19H18FN3O3S. The topological polar surface area (TPSA) is 79.8 Å². The number of methoxy groups -OCH3 is 1. The Balaban J connectivity index is 1.60. The molecule has 8 heteroatoms. The molecule has 0 spiro atoms. The Kier molecular flexibility index (Phi) is 5.75. The van der Waals surface area contributed by atoms with E-state index in [1.165, 1.54) is 6.07 Å². The number of halogens is 1. The van der Waals surface area contributed by atoms with Crippen molar-refractivity contribution in [1.82, 2.24) is 5.32 Å². The zero-order valence-electron chi connectivity index (χ0n) is 14.8. The van der Waals surface area contributed by atoms with Crippen LogP contribution in [0.2, 0.25) is 0 Å². The van der Waals surface area contributed by atoms with Crippen molar-refractivity contribution in [3.63, 3.8) is 0 Å². The van der Waals surface area contributed by atoms with Gasteiger partial charge in [-0.2, -0.15) is 0 Å². The van der Waals surface area contributed by atoms with E-state index in [1.807, 2.05) is 0 Å². The molecule has 0 bridgehead atoms. The summed E-state index contributed by atoms with van der Waals surface area (Å²) in [6.45, 7) is 1.66. The molecule has 1 fully saturated rings. The van der Waals surface area contributed by atoms with Crippen molar-refractivity contribution in [3.8, 4) is 5.75 Å². The van der Waals surface area contributed by atoms with Gasteiger partial charge in [0.1, 0.15) is 16.8 Å². The molecule has 2 aromatic carbocycles. The summed E-state index contributed by atoms with van der Waals surface area (Å²) in [7, 11) is 1.56. The van der Waals surface area contributed by atoms with Gasteiger partial charge in [0.15, 0.2) is 5.17 Å². The lowest BCUT2D eigenvalue weighted by atomic mass is 10.2. The molecule has 140 valence electrons. The van der Waals surface area contributed by atoms with Crippen LogP contribution < -0.4 is 15.4 Å². The monoisotopic (exact) mass is 387 g/mol. The molecule has 27 heavy (non-hydrogen) atoms. The van der Waals surface area contributed by atoms with Gasteiger partial charge in [0.2, 0.25) is 11.8 Å². The molecule has 0 radical (unpaired) electrons. The third-order valence-electron chi connectivity index (χ3n) is 3.91. The largest absolute Gasteiger partial charge is 0.497 e. The Labute approximate surface area is 160 Å². The first-order valence-electron chi connectivity index (χ1n) is 8.21. The second-order valence-electron chi connectivity index (χ2n) is 5.93. The molecule has 1 aliphatic heterocycles. The zero-order chi connectivity index (χ0) is 19.4. The number of nitrogens with zero attached hydrogens (tertiary/aromatic N) is 1. The summed E-state index contributed by atoms with van der Waals surface area (Å²) in [6.07, 6.45) is 0.00378. The first kappa shape index (κ1) is 18.9. The third kappa shape index (κ3) is 4.85. The van der Waals surface area contributed by atoms with E-state index >= 15 is 0 Å². The number of aryl methyl sites for hydroxylation is 1. The van der Waals surface area contributed by atoms with Crippen LogP contribution in [-0.4, -0.2) is 29.3 Å². The lowest BCUT2D eigenvalue weighted by Crippen LogP contribution is -2.28. The van der Waals surface area contributed by atoms with E-state index in [1.54, 1.807) is 50.4 Å². The minimum Gasteiger partial charge on any atom is -0.497 e. The highest BCUT2D eigenvalue weighted by atomic mass is 32.2. The SMILES string of the molecule is COc1ccc(NC(=O)C[C@@H]2SC(=Nc3ccc(C)c(F)c3)NC2=O)cc1. The van der Waals surface area contributed by atoms with Crippen molar-refractivity contribution in [3.05, 3.63) is 53.8 Å². The summed E-state index contributed by atoms with van der Waals surface area (Å²) in [5, 5.41) is 5.13. The molecule has 1 heterocycles. The quantitative estimate of drug-likeness (QED) is 0.824. The fraction of sp³-hybridized carbons (Fsp3) is 0.211. The minimum absolute atomic E-state index is 0.00378. The number of carbonyl (C=O) groups excluding carboxylic acids is 2. The van der Waals surface area contributed by atoms with Crippen molar-refractivity contribution >= 4 is 40.1 Å². The predicted molar refractivity (Wildman–Crippen MR) is 104 cm³/mol. The number of anilines is 1. The fourth-order valence-corrected chi connectivity index (χ4v) is 3.40. The second kappa shape index (κ2) is 8.22. The Morgan fingerprint density at radius 3 is 2.70 bits per heavy atom. The van der Waals surface area contributed by atoms with Gasteiger partial charge < -0.3 is 15.4 Å². The number of hydrogen-bond acceptors (Lipinski definition) is 5. The number of amides is 2. The standard InChI is InChI=1S/C19H18FN3O3S/c1-11-3-4-13(9-15(11)20)22-19-23-18(25)16(27-19)10-17(24)21-12-5-7-14(26-2)8-6-12/h3-9,16H,10H2,1-2H3,(H,21,24)(H,22,23,25)/t16-/m0/s1. The van der Waals surface area contributed by atoms with E-state index < -0.39 is 5.25 Å². The molecule has 3 rings (SSSR count). The van der Waals surface area contributed by atoms with Crippen molar-refractivity contribution in [2.75, 3.05) is 12.4 Å². The fourth-order valence-electron chi connectivity index (χ4n) is 2.42. The molecular weight excluding hydrogens is 369 g/mol. The van der Waals surface area contributed by atoms with Crippen molar-refractivity contribution in [2.45, 2.75) is 18.6 Å². The van der Waals surface area contributed by atoms with Gasteiger partial charge >= 0.3 is 0 Å². The third-order valence-corrected chi connectivity index (χ3v) is 4.99. The number of hydrogen-bond donors (Lipinski definition) is 2. The summed E-state index contributed by atoms with van der Waals surface area (Å²) >= 11 is 1.15. The van der Waals surface area contributed by atoms with Crippen LogP contribution in [0.25, 0.3) is 0 Å². The lowest BCUT2D eigenvalue weighted by Gasteiger charge is -2.08. The van der Waals surface area contributed by atoms with Crippen LogP contribution in [0.1, 0.15) is 12.0 Å². The average molecular weight is 387 g/mol. The van der Waals surface area contributed by atoms with Crippen LogP contribution in [0.4, 0.5) is 15.8 Å². The summed E-state index contributed by atoms with van der Waals surface area (Å²) < 4.78 is 18.7. The van der Waals surface area contributed by atoms with Gasteiger partial charge in [0.05, 0.1) is 12.8 Å². The summed E-state index contributed by atoms with van der Waals surface area (Å²) in [6, 6.07) is 11.5. The van der Waals surface area contributed by atoms with Crippen LogP contribution in [0.5, 0.6) is 5.75 Å². The zero-order valence-corrected chi connectivity index (χ0v) is 15.6. The van der Waals surface area contributed by atoms with Gasteiger partial charge in [-0.15, -0.1) is 0 Å². The summed E-state index contributed by atoms with van der Waals surface area (Å²) in [5.74, 6) is -0.250. The Bertz CT molecular complexity index is 900. The normalized spacial score (nSPS) is 17.7. The molecule has 1 saturated heterocycles. The highest BCUT2D eigenvalue weighted by Gasteiger charge is 2.32. The van der Waals surface area contributed by atoms with Crippen molar-refractivity contribution in [2.24, 2.45) is 4.99 Å². The van der Waals surface area contributed by atoms with Gasteiger partial charge in [-0.1, -0.05) is 17.8 Å². The molecule has 0 aromatic heterocycles. The first-order valence-corrected chi connectivity index (χ1v) is 9.09. The Hall–Kier alpha value is -2.87. The van der Waals surface area contributed by atoms with Gasteiger partial charge in [0.25, 0.3) is 0 Å². The maximum atomic E-state index is 13.6. The number of amidine groups is 1. The van der Waals surface area contributed by atoms with Crippen molar-refractivity contribution in [1.29, 1.82) is 0 Å². The van der Waals surface area contributed by atoms with Crippen LogP contribution in [0, 0.1) is 12.7 Å². The van der Waals surface area contributed by atoms with Crippen LogP contribution in [0.3, 0.4) is 0 Å². The van der Waals surface area contributed by atoms with Crippen LogP contribution >= 0.6 is 11.8 Å². The van der Waals surface area contributed by atoms with E-state index in [9.17, 15) is 14.0 Å². The maximum Gasteiger partial charge on any atom is 0.240 e. The maximum absolute atomic E-state index is 13.6. The van der Waals surface area contributed by atoms with Gasteiger partial charge in [-0.3, -0.25) is 9.59 Å². The van der Waals surface area contributed by atoms with E-state index in [0.29, 0.717) is 27.9 Å². The number of carbonyl (C=O) groups is 2. The van der Waals surface area contributed by atoms with Crippen LogP contribution in [0.15, 0.2) is 47.5 Å². The van der Waals surface area contributed by atoms with Gasteiger partial charge in [0, 0.05) is 12.1 Å². The molecule has 0 unspecified atom stereocenters. The van der Waals surface area contributed by atoms with Gasteiger partial charge in [-0.25, -0.2) is 9.38 Å². The van der Waals surface area contributed by atoms with Crippen LogP contribution in [-0.2, 0) is 9.59 Å². The highest BCUT2D eigenvalue weighted by Crippen LogP contribution is 2.26. The minimum atomic E-state index is -0.586. The van der Waals surface area contributed by atoms with Crippen molar-refractivity contribution < 1.29 is 18.7 Å². The smallest absolute Gasteiger partial charge is 0.240 e. The predicted octanol–water partition coefficient (Wildman–Crippen LogP) is 3.39. The first-order chi connectivity index (χ1) is 12.9. The summed E-state index contributed by atoms with van der Waals surface area (Å²) in [5.41, 5.74) is 1.55. The average Bonchev–Trinajstić information content (AvgIpc) is 2.97. The number of benzene rings is 2. The Morgan fingerprint density at radius 2 is 2.04 bits per heavy atom. The lowest BCUT2D eigenvalue weighted by molar-refractivity contribution is -0.122. The van der Waals surface area contributed by atoms with E-state index in [2.05, 4.69) is 15.6 Å². The molecule has 6 nitrogen and oxygen atoms in total. The second-order valence-corrected chi connectivity index (χ2v) is 7.12. The molecule has 0 saturated carbocycles. The molecule has 2 N–H and O–H groups in total. The number of nitrogens with one attached hydrogen (secondary N) is 2. The Morgan fingerprint density at radius 1 is 1.30 bits per heavy atom. The number of aliphatic imine (C=N–C) groups is 1. The molecule has 0 aliphatic carbocycles.